The molecule has 2 aromatic heterocycles. The number of pyridine rings is 1. The zero-order chi connectivity index (χ0) is 13.1. The highest BCUT2D eigenvalue weighted by atomic mass is 35.5. The van der Waals surface area contributed by atoms with Crippen LogP contribution in [0.5, 0.6) is 0 Å². The predicted molar refractivity (Wildman–Crippen MR) is 71.5 cm³/mol. The van der Waals surface area contributed by atoms with Gasteiger partial charge in [-0.2, -0.15) is 0 Å². The van der Waals surface area contributed by atoms with E-state index in [0.717, 1.165) is 23.4 Å². The smallest absolute Gasteiger partial charge is 0.160 e. The highest BCUT2D eigenvalue weighted by Crippen LogP contribution is 2.19. The zero-order valence-corrected chi connectivity index (χ0v) is 11.3. The molecule has 2 heterocycles. The maximum absolute atomic E-state index is 6.01. The number of nitrogens with zero attached hydrogens (tertiary/aromatic N) is 3. The molecule has 0 aliphatic rings. The molecular formula is C12H17ClN4O. The van der Waals surface area contributed by atoms with E-state index in [0.29, 0.717) is 18.2 Å². The van der Waals surface area contributed by atoms with E-state index in [1.165, 1.54) is 0 Å². The molecule has 0 amide bonds. The minimum Gasteiger partial charge on any atom is -0.377 e. The second-order valence-electron chi connectivity index (χ2n) is 4.24. The molecule has 2 N–H and O–H groups in total. The highest BCUT2D eigenvalue weighted by Gasteiger charge is 2.14. The molecule has 98 valence electrons. The lowest BCUT2D eigenvalue weighted by atomic mass is 10.2. The Kier molecular flexibility index (Phi) is 4.16. The van der Waals surface area contributed by atoms with Crippen molar-refractivity contribution < 1.29 is 4.74 Å². The van der Waals surface area contributed by atoms with E-state index in [2.05, 4.69) is 16.9 Å². The Hall–Kier alpha value is -1.17. The molecule has 0 bridgehead atoms. The minimum atomic E-state index is 0.0792. The molecule has 1 atom stereocenters. The van der Waals surface area contributed by atoms with Crippen molar-refractivity contribution in [1.29, 1.82) is 0 Å². The van der Waals surface area contributed by atoms with E-state index in [-0.39, 0.29) is 6.04 Å². The number of hydrogen-bond acceptors (Lipinski definition) is 4. The van der Waals surface area contributed by atoms with Crippen molar-refractivity contribution in [3.05, 3.63) is 23.1 Å². The molecule has 0 saturated heterocycles. The molecule has 0 radical (unpaired) electrons. The normalized spacial score (nSPS) is 13.1. The summed E-state index contributed by atoms with van der Waals surface area (Å²) in [5.41, 5.74) is 7.58. The van der Waals surface area contributed by atoms with Gasteiger partial charge < -0.3 is 15.0 Å². The minimum absolute atomic E-state index is 0.0792. The first-order chi connectivity index (χ1) is 8.65. The first kappa shape index (κ1) is 13.3. The summed E-state index contributed by atoms with van der Waals surface area (Å²) in [5.74, 6) is 0.825. The van der Waals surface area contributed by atoms with Crippen LogP contribution in [-0.4, -0.2) is 27.7 Å². The molecule has 2 aromatic rings. The number of aromatic nitrogens is 3. The quantitative estimate of drug-likeness (QED) is 0.900. The Morgan fingerprint density at radius 3 is 3.00 bits per heavy atom. The van der Waals surface area contributed by atoms with Gasteiger partial charge in [-0.3, -0.25) is 0 Å². The molecule has 1 unspecified atom stereocenters. The van der Waals surface area contributed by atoms with E-state index in [4.69, 9.17) is 22.1 Å². The first-order valence-corrected chi connectivity index (χ1v) is 6.28. The van der Waals surface area contributed by atoms with Gasteiger partial charge in [0.25, 0.3) is 0 Å². The Balaban J connectivity index is 2.48. The summed E-state index contributed by atoms with van der Waals surface area (Å²) in [6, 6.07) is 1.88. The van der Waals surface area contributed by atoms with E-state index in [1.807, 2.05) is 4.57 Å². The van der Waals surface area contributed by atoms with E-state index >= 15 is 0 Å². The number of imidazole rings is 1. The average Bonchev–Trinajstić information content (AvgIpc) is 2.67. The van der Waals surface area contributed by atoms with Gasteiger partial charge in [-0.25, -0.2) is 9.97 Å². The molecule has 6 heteroatoms. The Bertz CT molecular complexity index is 540. The summed E-state index contributed by atoms with van der Waals surface area (Å²) in [4.78, 5) is 8.81. The largest absolute Gasteiger partial charge is 0.377 e. The van der Waals surface area contributed by atoms with Crippen LogP contribution in [0.1, 0.15) is 19.2 Å². The summed E-state index contributed by atoms with van der Waals surface area (Å²) in [5, 5.41) is 0.580. The van der Waals surface area contributed by atoms with Gasteiger partial charge in [0.2, 0.25) is 0 Å². The standard InChI is InChI=1S/C12H17ClN4O/c1-3-9(14)6-17-11(7-18-2)16-10-4-8(13)5-15-12(10)17/h4-5,9H,3,6-7,14H2,1-2H3. The summed E-state index contributed by atoms with van der Waals surface area (Å²) < 4.78 is 7.16. The van der Waals surface area contributed by atoms with Crippen LogP contribution >= 0.6 is 11.6 Å². The van der Waals surface area contributed by atoms with Gasteiger partial charge in [-0.1, -0.05) is 18.5 Å². The number of nitrogens with two attached hydrogens (primary N) is 1. The van der Waals surface area contributed by atoms with Crippen LogP contribution in [0.4, 0.5) is 0 Å². The fourth-order valence-electron chi connectivity index (χ4n) is 1.83. The third-order valence-electron chi connectivity index (χ3n) is 2.85. The monoisotopic (exact) mass is 268 g/mol. The van der Waals surface area contributed by atoms with Crippen LogP contribution < -0.4 is 5.73 Å². The fourth-order valence-corrected chi connectivity index (χ4v) is 1.98. The predicted octanol–water partition coefficient (Wildman–Crippen LogP) is 1.97. The van der Waals surface area contributed by atoms with Crippen LogP contribution in [0, 0.1) is 0 Å². The fraction of sp³-hybridized carbons (Fsp3) is 0.500. The maximum Gasteiger partial charge on any atom is 0.160 e. The van der Waals surface area contributed by atoms with E-state index in [9.17, 15) is 0 Å². The summed E-state index contributed by atoms with van der Waals surface area (Å²) in [7, 11) is 1.64. The number of halogens is 1. The van der Waals surface area contributed by atoms with Crippen molar-refractivity contribution in [2.75, 3.05) is 7.11 Å². The lowest BCUT2D eigenvalue weighted by Crippen LogP contribution is -2.26. The molecule has 18 heavy (non-hydrogen) atoms. The molecule has 0 aliphatic heterocycles. The molecule has 5 nitrogen and oxygen atoms in total. The Labute approximate surface area is 111 Å². The molecule has 2 rings (SSSR count). The molecule has 0 aliphatic carbocycles. The van der Waals surface area contributed by atoms with Gasteiger partial charge in [0.1, 0.15) is 17.9 Å². The number of fused-ring (bicyclic) bond motifs is 1. The van der Waals surface area contributed by atoms with Crippen LogP contribution in [0.2, 0.25) is 5.02 Å². The van der Waals surface area contributed by atoms with Gasteiger partial charge in [0.15, 0.2) is 5.65 Å². The van der Waals surface area contributed by atoms with Crippen LogP contribution in [-0.2, 0) is 17.9 Å². The second kappa shape index (κ2) is 5.65. The lowest BCUT2D eigenvalue weighted by Gasteiger charge is -2.12. The number of methoxy groups -OCH3 is 1. The molecule has 0 fully saturated rings. The van der Waals surface area contributed by atoms with Gasteiger partial charge in [0, 0.05) is 25.9 Å². The van der Waals surface area contributed by atoms with Gasteiger partial charge >= 0.3 is 0 Å². The van der Waals surface area contributed by atoms with Crippen LogP contribution in [0.3, 0.4) is 0 Å². The number of rotatable bonds is 5. The van der Waals surface area contributed by atoms with Gasteiger partial charge in [0.05, 0.1) is 5.02 Å². The number of ether oxygens (including phenoxy) is 1. The average molecular weight is 269 g/mol. The topological polar surface area (TPSA) is 66.0 Å². The Morgan fingerprint density at radius 2 is 2.33 bits per heavy atom. The maximum atomic E-state index is 6.01. The summed E-state index contributed by atoms with van der Waals surface area (Å²) >= 11 is 5.92. The second-order valence-corrected chi connectivity index (χ2v) is 4.67. The number of hydrogen-bond donors (Lipinski definition) is 1. The van der Waals surface area contributed by atoms with Crippen LogP contribution in [0.25, 0.3) is 11.2 Å². The van der Waals surface area contributed by atoms with Crippen molar-refractivity contribution in [2.45, 2.75) is 32.5 Å². The highest BCUT2D eigenvalue weighted by molar-refractivity contribution is 6.31. The molecule has 0 aromatic carbocycles. The molecule has 0 spiro atoms. The molecular weight excluding hydrogens is 252 g/mol. The van der Waals surface area contributed by atoms with E-state index < -0.39 is 0 Å². The zero-order valence-electron chi connectivity index (χ0n) is 10.6. The van der Waals surface area contributed by atoms with Crippen molar-refractivity contribution >= 4 is 22.8 Å². The molecule has 0 saturated carbocycles. The van der Waals surface area contributed by atoms with Gasteiger partial charge in [-0.15, -0.1) is 0 Å². The van der Waals surface area contributed by atoms with Gasteiger partial charge in [-0.05, 0) is 12.5 Å². The van der Waals surface area contributed by atoms with Crippen molar-refractivity contribution in [1.82, 2.24) is 14.5 Å². The van der Waals surface area contributed by atoms with E-state index in [1.54, 1.807) is 19.4 Å². The SMILES string of the molecule is CCC(N)Cn1c(COC)nc2cc(Cl)cnc21. The first-order valence-electron chi connectivity index (χ1n) is 5.90. The third-order valence-corrected chi connectivity index (χ3v) is 3.05. The van der Waals surface area contributed by atoms with Crippen molar-refractivity contribution in [2.24, 2.45) is 5.73 Å². The van der Waals surface area contributed by atoms with Crippen molar-refractivity contribution in [3.8, 4) is 0 Å². The summed E-state index contributed by atoms with van der Waals surface area (Å²) in [6.45, 7) is 3.18. The third kappa shape index (κ3) is 2.63. The van der Waals surface area contributed by atoms with Crippen LogP contribution in [0.15, 0.2) is 12.3 Å². The Morgan fingerprint density at radius 1 is 1.56 bits per heavy atom. The summed E-state index contributed by atoms with van der Waals surface area (Å²) in [6.07, 6.45) is 2.52. The lowest BCUT2D eigenvalue weighted by molar-refractivity contribution is 0.174. The van der Waals surface area contributed by atoms with Crippen molar-refractivity contribution in [3.63, 3.8) is 0 Å².